The summed E-state index contributed by atoms with van der Waals surface area (Å²) in [4.78, 5) is 2.44. The summed E-state index contributed by atoms with van der Waals surface area (Å²) in [7, 11) is 0. The zero-order valence-electron chi connectivity index (χ0n) is 9.60. The molecule has 0 N–H and O–H groups in total. The third kappa shape index (κ3) is 2.97. The Morgan fingerprint density at radius 3 is 2.81 bits per heavy atom. The van der Waals surface area contributed by atoms with Gasteiger partial charge in [0.15, 0.2) is 0 Å². The number of nitrogens with zero attached hydrogens (tertiary/aromatic N) is 1. The highest BCUT2D eigenvalue weighted by atomic mass is 35.5. The molecule has 88 valence electrons. The summed E-state index contributed by atoms with van der Waals surface area (Å²) in [5, 5.41) is 0. The first-order valence-corrected chi connectivity index (χ1v) is 6.28. The molecule has 2 nitrogen and oxygen atoms in total. The molecule has 2 rings (SSSR count). The average molecular weight is 240 g/mol. The molecule has 1 aliphatic heterocycles. The van der Waals surface area contributed by atoms with Crippen LogP contribution in [-0.2, 0) is 11.3 Å². The molecule has 1 aromatic rings. The van der Waals surface area contributed by atoms with Gasteiger partial charge in [-0.3, -0.25) is 4.90 Å². The Kier molecular flexibility index (Phi) is 4.22. The summed E-state index contributed by atoms with van der Waals surface area (Å²) < 4.78 is 5.63. The molecule has 0 spiro atoms. The first-order valence-electron chi connectivity index (χ1n) is 5.75. The lowest BCUT2D eigenvalue weighted by molar-refractivity contribution is -0.0510. The number of hydrogen-bond donors (Lipinski definition) is 0. The maximum absolute atomic E-state index is 5.84. The number of morpholine rings is 1. The van der Waals surface area contributed by atoms with Gasteiger partial charge in [0.1, 0.15) is 0 Å². The van der Waals surface area contributed by atoms with Crippen LogP contribution >= 0.6 is 11.6 Å². The van der Waals surface area contributed by atoms with Crippen molar-refractivity contribution in [1.82, 2.24) is 4.90 Å². The Labute approximate surface area is 102 Å². The van der Waals surface area contributed by atoms with E-state index < -0.39 is 0 Å². The molecule has 2 atom stereocenters. The van der Waals surface area contributed by atoms with Crippen molar-refractivity contribution < 1.29 is 4.74 Å². The summed E-state index contributed by atoms with van der Waals surface area (Å²) in [5.74, 6) is 0.581. The van der Waals surface area contributed by atoms with E-state index in [0.717, 1.165) is 19.7 Å². The van der Waals surface area contributed by atoms with Gasteiger partial charge in [-0.15, -0.1) is 11.6 Å². The monoisotopic (exact) mass is 239 g/mol. The van der Waals surface area contributed by atoms with E-state index in [4.69, 9.17) is 16.3 Å². The van der Waals surface area contributed by atoms with Crippen LogP contribution in [0.4, 0.5) is 0 Å². The van der Waals surface area contributed by atoms with Crippen LogP contribution in [0.1, 0.15) is 12.5 Å². The SMILES string of the molecule is CC1COC(CCl)CN1Cc1ccccc1. The van der Waals surface area contributed by atoms with Gasteiger partial charge < -0.3 is 4.74 Å². The molecule has 0 saturated carbocycles. The van der Waals surface area contributed by atoms with Crippen LogP contribution in [0.2, 0.25) is 0 Å². The molecular formula is C13H18ClNO. The van der Waals surface area contributed by atoms with Gasteiger partial charge in [-0.1, -0.05) is 30.3 Å². The summed E-state index contributed by atoms with van der Waals surface area (Å²) in [6, 6.07) is 11.0. The van der Waals surface area contributed by atoms with Gasteiger partial charge in [0, 0.05) is 25.0 Å². The van der Waals surface area contributed by atoms with Crippen LogP contribution in [0.15, 0.2) is 30.3 Å². The zero-order chi connectivity index (χ0) is 11.4. The van der Waals surface area contributed by atoms with Gasteiger partial charge >= 0.3 is 0 Å². The highest BCUT2D eigenvalue weighted by Crippen LogP contribution is 2.16. The number of ether oxygens (including phenoxy) is 1. The fourth-order valence-electron chi connectivity index (χ4n) is 2.01. The van der Waals surface area contributed by atoms with E-state index in [-0.39, 0.29) is 6.10 Å². The van der Waals surface area contributed by atoms with Gasteiger partial charge in [0.05, 0.1) is 12.7 Å². The maximum atomic E-state index is 5.84. The second kappa shape index (κ2) is 5.67. The molecule has 3 heteroatoms. The molecule has 1 saturated heterocycles. The Hall–Kier alpha value is -0.570. The molecule has 0 bridgehead atoms. The number of benzene rings is 1. The van der Waals surface area contributed by atoms with Crippen LogP contribution in [0.5, 0.6) is 0 Å². The van der Waals surface area contributed by atoms with Crippen LogP contribution in [0.25, 0.3) is 0 Å². The molecule has 1 aliphatic rings. The van der Waals surface area contributed by atoms with E-state index in [1.165, 1.54) is 5.56 Å². The molecule has 0 aliphatic carbocycles. The topological polar surface area (TPSA) is 12.5 Å². The molecule has 0 amide bonds. The summed E-state index contributed by atoms with van der Waals surface area (Å²) in [6.07, 6.45) is 0.182. The van der Waals surface area contributed by atoms with Crippen LogP contribution in [0.3, 0.4) is 0 Å². The lowest BCUT2D eigenvalue weighted by Gasteiger charge is -2.37. The van der Waals surface area contributed by atoms with Crippen molar-refractivity contribution in [2.24, 2.45) is 0 Å². The van der Waals surface area contributed by atoms with E-state index in [2.05, 4.69) is 36.1 Å². The summed E-state index contributed by atoms with van der Waals surface area (Å²) in [5.41, 5.74) is 1.35. The predicted octanol–water partition coefficient (Wildman–Crippen LogP) is 2.51. The van der Waals surface area contributed by atoms with Crippen molar-refractivity contribution in [2.75, 3.05) is 19.0 Å². The largest absolute Gasteiger partial charge is 0.374 e. The van der Waals surface area contributed by atoms with Gasteiger partial charge in [-0.2, -0.15) is 0 Å². The second-order valence-electron chi connectivity index (χ2n) is 4.37. The van der Waals surface area contributed by atoms with Gasteiger partial charge in [-0.05, 0) is 12.5 Å². The zero-order valence-corrected chi connectivity index (χ0v) is 10.4. The highest BCUT2D eigenvalue weighted by Gasteiger charge is 2.25. The number of alkyl halides is 1. The third-order valence-electron chi connectivity index (χ3n) is 3.04. The van der Waals surface area contributed by atoms with Crippen molar-refractivity contribution in [3.63, 3.8) is 0 Å². The number of rotatable bonds is 3. The minimum absolute atomic E-state index is 0.182. The lowest BCUT2D eigenvalue weighted by Crippen LogP contribution is -2.48. The van der Waals surface area contributed by atoms with Crippen LogP contribution in [-0.4, -0.2) is 36.1 Å². The van der Waals surface area contributed by atoms with Crippen LogP contribution in [0, 0.1) is 0 Å². The van der Waals surface area contributed by atoms with Crippen molar-refractivity contribution in [3.8, 4) is 0 Å². The van der Waals surface area contributed by atoms with Crippen LogP contribution < -0.4 is 0 Å². The maximum Gasteiger partial charge on any atom is 0.0838 e. The first kappa shape index (κ1) is 11.9. The first-order chi connectivity index (χ1) is 7.79. The standard InChI is InChI=1S/C13H18ClNO/c1-11-10-16-13(7-14)9-15(11)8-12-5-3-2-4-6-12/h2-6,11,13H,7-10H2,1H3. The summed E-state index contributed by atoms with van der Waals surface area (Å²) in [6.45, 7) is 4.90. The Bertz CT molecular complexity index is 317. The second-order valence-corrected chi connectivity index (χ2v) is 4.68. The van der Waals surface area contributed by atoms with E-state index in [1.54, 1.807) is 0 Å². The van der Waals surface area contributed by atoms with E-state index in [0.29, 0.717) is 11.9 Å². The Morgan fingerprint density at radius 2 is 2.12 bits per heavy atom. The van der Waals surface area contributed by atoms with Crippen molar-refractivity contribution in [1.29, 1.82) is 0 Å². The number of halogens is 1. The smallest absolute Gasteiger partial charge is 0.0838 e. The Morgan fingerprint density at radius 1 is 1.38 bits per heavy atom. The molecule has 0 aromatic heterocycles. The van der Waals surface area contributed by atoms with Crippen molar-refractivity contribution >= 4 is 11.6 Å². The normalized spacial score (nSPS) is 26.9. The van der Waals surface area contributed by atoms with Crippen molar-refractivity contribution in [2.45, 2.75) is 25.6 Å². The van der Waals surface area contributed by atoms with Gasteiger partial charge in [0.25, 0.3) is 0 Å². The molecule has 0 radical (unpaired) electrons. The fraction of sp³-hybridized carbons (Fsp3) is 0.538. The minimum Gasteiger partial charge on any atom is -0.374 e. The van der Waals surface area contributed by atoms with Gasteiger partial charge in [-0.25, -0.2) is 0 Å². The van der Waals surface area contributed by atoms with E-state index >= 15 is 0 Å². The third-order valence-corrected chi connectivity index (χ3v) is 3.38. The van der Waals surface area contributed by atoms with E-state index in [9.17, 15) is 0 Å². The number of hydrogen-bond acceptors (Lipinski definition) is 2. The predicted molar refractivity (Wildman–Crippen MR) is 66.8 cm³/mol. The minimum atomic E-state index is 0.182. The molecular weight excluding hydrogens is 222 g/mol. The molecule has 16 heavy (non-hydrogen) atoms. The average Bonchev–Trinajstić information content (AvgIpc) is 2.33. The Balaban J connectivity index is 1.97. The molecule has 2 unspecified atom stereocenters. The van der Waals surface area contributed by atoms with Crippen molar-refractivity contribution in [3.05, 3.63) is 35.9 Å². The lowest BCUT2D eigenvalue weighted by atomic mass is 10.1. The fourth-order valence-corrected chi connectivity index (χ4v) is 2.19. The molecule has 1 heterocycles. The van der Waals surface area contributed by atoms with E-state index in [1.807, 2.05) is 6.07 Å². The highest BCUT2D eigenvalue weighted by molar-refractivity contribution is 6.18. The quantitative estimate of drug-likeness (QED) is 0.752. The van der Waals surface area contributed by atoms with Gasteiger partial charge in [0.2, 0.25) is 0 Å². The summed E-state index contributed by atoms with van der Waals surface area (Å²) >= 11 is 5.84. The molecule has 1 aromatic carbocycles. The molecule has 1 fully saturated rings.